The number of carbonyl (C=O) groups excluding carboxylic acids is 1. The van der Waals surface area contributed by atoms with E-state index < -0.39 is 6.04 Å². The number of amides is 1. The van der Waals surface area contributed by atoms with Crippen molar-refractivity contribution in [2.75, 3.05) is 7.05 Å². The number of phenolic OH excluding ortho intramolecular Hbond substituents is 1. The van der Waals surface area contributed by atoms with Gasteiger partial charge in [0.15, 0.2) is 0 Å². The number of phenols is 1. The molecule has 2 rings (SSSR count). The number of rotatable bonds is 5. The number of aromatic hydroxyl groups is 1. The molecule has 1 heterocycles. The fraction of sp³-hybridized carbons (Fsp3) is 0.312. The van der Waals surface area contributed by atoms with E-state index >= 15 is 0 Å². The van der Waals surface area contributed by atoms with Gasteiger partial charge in [-0.3, -0.25) is 4.79 Å². The van der Waals surface area contributed by atoms with Gasteiger partial charge in [-0.15, -0.1) is 11.3 Å². The Bertz CT molecular complexity index is 581. The van der Waals surface area contributed by atoms with Gasteiger partial charge in [-0.25, -0.2) is 0 Å². The lowest BCUT2D eigenvalue weighted by Crippen LogP contribution is -2.43. The molecule has 0 aliphatic carbocycles. The van der Waals surface area contributed by atoms with Crippen LogP contribution in [-0.4, -0.2) is 29.0 Å². The highest BCUT2D eigenvalue weighted by atomic mass is 32.1. The molecule has 0 spiro atoms. The second-order valence-corrected chi connectivity index (χ2v) is 6.10. The number of hydrogen-bond donors (Lipinski definition) is 2. The second-order valence-electron chi connectivity index (χ2n) is 5.12. The molecule has 1 amide bonds. The van der Waals surface area contributed by atoms with Crippen LogP contribution in [-0.2, 0) is 11.2 Å². The largest absolute Gasteiger partial charge is 0.508 e. The van der Waals surface area contributed by atoms with Crippen molar-refractivity contribution < 1.29 is 9.90 Å². The van der Waals surface area contributed by atoms with Gasteiger partial charge in [0, 0.05) is 11.9 Å². The Hall–Kier alpha value is -1.85. The SMILES string of the molecule is CC(c1cccs1)N(C)C(=O)[C@H](N)Cc1ccc(O)cc1. The molecule has 2 atom stereocenters. The molecule has 3 N–H and O–H groups in total. The number of thiophene rings is 1. The van der Waals surface area contributed by atoms with Crippen LogP contribution in [0.15, 0.2) is 41.8 Å². The average Bonchev–Trinajstić information content (AvgIpc) is 3.01. The maximum atomic E-state index is 12.4. The van der Waals surface area contributed by atoms with Gasteiger partial charge in [-0.2, -0.15) is 0 Å². The Kier molecular flexibility index (Phi) is 4.98. The van der Waals surface area contributed by atoms with E-state index in [1.807, 2.05) is 24.4 Å². The summed E-state index contributed by atoms with van der Waals surface area (Å²) in [5.74, 6) is 0.131. The Morgan fingerprint density at radius 3 is 2.57 bits per heavy atom. The molecular formula is C16H20N2O2S. The van der Waals surface area contributed by atoms with Crippen LogP contribution < -0.4 is 5.73 Å². The van der Waals surface area contributed by atoms with E-state index in [9.17, 15) is 9.90 Å². The van der Waals surface area contributed by atoms with E-state index in [1.54, 1.807) is 47.5 Å². The molecule has 5 heteroatoms. The lowest BCUT2D eigenvalue weighted by molar-refractivity contribution is -0.133. The maximum Gasteiger partial charge on any atom is 0.240 e. The van der Waals surface area contributed by atoms with Gasteiger partial charge in [0.25, 0.3) is 0 Å². The van der Waals surface area contributed by atoms with Crippen LogP contribution in [0.4, 0.5) is 0 Å². The molecular weight excluding hydrogens is 284 g/mol. The normalized spacial score (nSPS) is 13.7. The van der Waals surface area contributed by atoms with Crippen LogP contribution >= 0.6 is 11.3 Å². The highest BCUT2D eigenvalue weighted by molar-refractivity contribution is 7.10. The zero-order valence-electron chi connectivity index (χ0n) is 12.2. The van der Waals surface area contributed by atoms with Crippen LogP contribution in [0, 0.1) is 0 Å². The van der Waals surface area contributed by atoms with E-state index in [0.717, 1.165) is 10.4 Å². The summed E-state index contributed by atoms with van der Waals surface area (Å²) < 4.78 is 0. The van der Waals surface area contributed by atoms with E-state index in [2.05, 4.69) is 0 Å². The van der Waals surface area contributed by atoms with E-state index in [0.29, 0.717) is 6.42 Å². The first-order valence-corrected chi connectivity index (χ1v) is 7.70. The molecule has 0 saturated heterocycles. The highest BCUT2D eigenvalue weighted by Gasteiger charge is 2.23. The van der Waals surface area contributed by atoms with Crippen molar-refractivity contribution in [1.82, 2.24) is 4.90 Å². The van der Waals surface area contributed by atoms with Gasteiger partial charge in [0.05, 0.1) is 12.1 Å². The zero-order chi connectivity index (χ0) is 15.4. The molecule has 0 saturated carbocycles. The first kappa shape index (κ1) is 15.5. The summed E-state index contributed by atoms with van der Waals surface area (Å²) in [6, 6.07) is 10.2. The van der Waals surface area contributed by atoms with E-state index in [1.165, 1.54) is 0 Å². The van der Waals surface area contributed by atoms with Crippen LogP contribution in [0.1, 0.15) is 23.4 Å². The molecule has 1 aromatic heterocycles. The minimum atomic E-state index is -0.582. The monoisotopic (exact) mass is 304 g/mol. The number of benzene rings is 1. The molecule has 1 unspecified atom stereocenters. The molecule has 4 nitrogen and oxygen atoms in total. The van der Waals surface area contributed by atoms with Gasteiger partial charge in [-0.1, -0.05) is 18.2 Å². The summed E-state index contributed by atoms with van der Waals surface area (Å²) in [4.78, 5) is 15.2. The molecule has 2 aromatic rings. The number of nitrogens with two attached hydrogens (primary N) is 1. The number of hydrogen-bond acceptors (Lipinski definition) is 4. The van der Waals surface area contributed by atoms with Crippen molar-refractivity contribution in [3.05, 3.63) is 52.2 Å². The average molecular weight is 304 g/mol. The number of carbonyl (C=O) groups is 1. The molecule has 0 radical (unpaired) electrons. The van der Waals surface area contributed by atoms with Crippen molar-refractivity contribution in [3.8, 4) is 5.75 Å². The van der Waals surface area contributed by atoms with E-state index in [-0.39, 0.29) is 17.7 Å². The van der Waals surface area contributed by atoms with Gasteiger partial charge in [0.1, 0.15) is 5.75 Å². The van der Waals surface area contributed by atoms with Gasteiger partial charge in [-0.05, 0) is 42.5 Å². The minimum Gasteiger partial charge on any atom is -0.508 e. The lowest BCUT2D eigenvalue weighted by atomic mass is 10.0. The van der Waals surface area contributed by atoms with Crippen molar-refractivity contribution in [3.63, 3.8) is 0 Å². The number of nitrogens with zero attached hydrogens (tertiary/aromatic N) is 1. The van der Waals surface area contributed by atoms with Crippen molar-refractivity contribution in [2.24, 2.45) is 5.73 Å². The number of likely N-dealkylation sites (N-methyl/N-ethyl adjacent to an activating group) is 1. The van der Waals surface area contributed by atoms with Gasteiger partial charge < -0.3 is 15.7 Å². The van der Waals surface area contributed by atoms with Crippen molar-refractivity contribution in [2.45, 2.75) is 25.4 Å². The Morgan fingerprint density at radius 2 is 2.00 bits per heavy atom. The Labute approximate surface area is 128 Å². The smallest absolute Gasteiger partial charge is 0.240 e. The topological polar surface area (TPSA) is 66.6 Å². The third kappa shape index (κ3) is 3.83. The van der Waals surface area contributed by atoms with Crippen molar-refractivity contribution >= 4 is 17.2 Å². The lowest BCUT2D eigenvalue weighted by Gasteiger charge is -2.27. The predicted molar refractivity (Wildman–Crippen MR) is 85.3 cm³/mol. The van der Waals surface area contributed by atoms with Crippen molar-refractivity contribution in [1.29, 1.82) is 0 Å². The highest BCUT2D eigenvalue weighted by Crippen LogP contribution is 2.24. The third-order valence-electron chi connectivity index (χ3n) is 3.59. The second kappa shape index (κ2) is 6.74. The van der Waals surface area contributed by atoms with Crippen LogP contribution in [0.5, 0.6) is 5.75 Å². The fourth-order valence-corrected chi connectivity index (χ4v) is 2.97. The van der Waals surface area contributed by atoms with Crippen LogP contribution in [0.2, 0.25) is 0 Å². The minimum absolute atomic E-state index is 0.0170. The molecule has 0 bridgehead atoms. The summed E-state index contributed by atoms with van der Waals surface area (Å²) in [6.07, 6.45) is 0.459. The van der Waals surface area contributed by atoms with Crippen LogP contribution in [0.3, 0.4) is 0 Å². The van der Waals surface area contributed by atoms with Crippen LogP contribution in [0.25, 0.3) is 0 Å². The summed E-state index contributed by atoms with van der Waals surface area (Å²) in [7, 11) is 1.78. The molecule has 112 valence electrons. The molecule has 0 fully saturated rings. The standard InChI is InChI=1S/C16H20N2O2S/c1-11(15-4-3-9-21-15)18(2)16(20)14(17)10-12-5-7-13(19)8-6-12/h3-9,11,14,19H,10,17H2,1-2H3/t11?,14-/m1/s1. The summed E-state index contributed by atoms with van der Waals surface area (Å²) in [6.45, 7) is 2.00. The Morgan fingerprint density at radius 1 is 1.33 bits per heavy atom. The summed E-state index contributed by atoms with van der Waals surface area (Å²) in [5, 5.41) is 11.3. The molecule has 21 heavy (non-hydrogen) atoms. The molecule has 1 aromatic carbocycles. The van der Waals surface area contributed by atoms with Gasteiger partial charge in [0.2, 0.25) is 5.91 Å². The maximum absolute atomic E-state index is 12.4. The first-order valence-electron chi connectivity index (χ1n) is 6.82. The van der Waals surface area contributed by atoms with E-state index in [4.69, 9.17) is 5.73 Å². The summed E-state index contributed by atoms with van der Waals surface area (Å²) >= 11 is 1.63. The molecule has 0 aliphatic heterocycles. The first-order chi connectivity index (χ1) is 9.99. The zero-order valence-corrected chi connectivity index (χ0v) is 13.0. The fourth-order valence-electron chi connectivity index (χ4n) is 2.15. The Balaban J connectivity index is 1.99. The quantitative estimate of drug-likeness (QED) is 0.892. The van der Waals surface area contributed by atoms with Gasteiger partial charge >= 0.3 is 0 Å². The summed E-state index contributed by atoms with van der Waals surface area (Å²) in [5.41, 5.74) is 6.97. The molecule has 0 aliphatic rings. The predicted octanol–water partition coefficient (Wildman–Crippen LogP) is 2.54. The third-order valence-corrected chi connectivity index (χ3v) is 4.64.